The van der Waals surface area contributed by atoms with Gasteiger partial charge in [0.1, 0.15) is 0 Å². The van der Waals surface area contributed by atoms with Gasteiger partial charge in [0.25, 0.3) is 0 Å². The average molecular weight is 330 g/mol. The third-order valence-corrected chi connectivity index (χ3v) is 3.90. The van der Waals surface area contributed by atoms with Gasteiger partial charge >= 0.3 is 12.1 Å². The van der Waals surface area contributed by atoms with Gasteiger partial charge in [-0.2, -0.15) is 13.2 Å². The Labute approximate surface area is 129 Å². The maximum Gasteiger partial charge on any atom is 0.416 e. The molecule has 1 aliphatic rings. The fraction of sp³-hybridized carbons (Fsp3) is 0.400. The monoisotopic (exact) mass is 330 g/mol. The van der Waals surface area contributed by atoms with E-state index in [0.29, 0.717) is 0 Å². The molecule has 0 heterocycles. The number of hydrogen-bond donors (Lipinski definition) is 1. The molecule has 1 saturated carbocycles. The number of halogens is 3. The lowest BCUT2D eigenvalue weighted by molar-refractivity contribution is -0.168. The van der Waals surface area contributed by atoms with E-state index in [1.54, 1.807) is 0 Å². The third kappa shape index (κ3) is 2.86. The van der Waals surface area contributed by atoms with Crippen molar-refractivity contribution in [2.75, 3.05) is 7.11 Å². The van der Waals surface area contributed by atoms with E-state index >= 15 is 0 Å². The molecule has 8 heteroatoms. The van der Waals surface area contributed by atoms with Crippen LogP contribution in [0.1, 0.15) is 28.8 Å². The molecule has 124 valence electrons. The van der Waals surface area contributed by atoms with Crippen LogP contribution in [-0.2, 0) is 20.5 Å². The van der Waals surface area contributed by atoms with E-state index in [1.165, 1.54) is 0 Å². The quantitative estimate of drug-likeness (QED) is 0.519. The SMILES string of the molecule is COC(=O)[C@@]1(O)C(=O)CC[C@@H]1C(=O)c1ccc(C(F)(F)F)cc1. The molecule has 2 rings (SSSR count). The van der Waals surface area contributed by atoms with Gasteiger partial charge < -0.3 is 9.84 Å². The van der Waals surface area contributed by atoms with Crippen LogP contribution < -0.4 is 0 Å². The zero-order chi connectivity index (χ0) is 17.4. The molecule has 0 unspecified atom stereocenters. The number of hydrogen-bond acceptors (Lipinski definition) is 5. The Morgan fingerprint density at radius 2 is 1.83 bits per heavy atom. The second-order valence-electron chi connectivity index (χ2n) is 5.21. The van der Waals surface area contributed by atoms with Gasteiger partial charge in [-0.3, -0.25) is 9.59 Å². The first kappa shape index (κ1) is 17.1. The number of ether oxygens (including phenoxy) is 1. The van der Waals surface area contributed by atoms with E-state index in [1.807, 2.05) is 0 Å². The fourth-order valence-electron chi connectivity index (χ4n) is 2.63. The molecule has 2 atom stereocenters. The van der Waals surface area contributed by atoms with Crippen molar-refractivity contribution in [2.45, 2.75) is 24.6 Å². The number of benzene rings is 1. The average Bonchev–Trinajstić information content (AvgIpc) is 2.82. The van der Waals surface area contributed by atoms with Crippen molar-refractivity contribution in [3.8, 4) is 0 Å². The normalized spacial score (nSPS) is 24.6. The molecule has 1 fully saturated rings. The maximum absolute atomic E-state index is 12.5. The summed E-state index contributed by atoms with van der Waals surface area (Å²) in [4.78, 5) is 35.8. The van der Waals surface area contributed by atoms with Crippen LogP contribution in [0.25, 0.3) is 0 Å². The first-order valence-electron chi connectivity index (χ1n) is 6.68. The molecular formula is C15H13F3O5. The molecule has 0 saturated heterocycles. The van der Waals surface area contributed by atoms with Gasteiger partial charge in [-0.05, 0) is 18.6 Å². The summed E-state index contributed by atoms with van der Waals surface area (Å²) >= 11 is 0. The fourth-order valence-corrected chi connectivity index (χ4v) is 2.63. The van der Waals surface area contributed by atoms with Crippen molar-refractivity contribution >= 4 is 17.5 Å². The Balaban J connectivity index is 2.33. The van der Waals surface area contributed by atoms with Crippen LogP contribution in [0.3, 0.4) is 0 Å². The standard InChI is InChI=1S/C15H13F3O5/c1-23-13(21)14(22)10(6-7-11(14)19)12(20)8-2-4-9(5-3-8)15(16,17)18/h2-5,10,22H,6-7H2,1H3/t10-,14+/m1/s1. The van der Waals surface area contributed by atoms with Gasteiger partial charge in [-0.1, -0.05) is 12.1 Å². The highest BCUT2D eigenvalue weighted by Gasteiger charge is 2.58. The van der Waals surface area contributed by atoms with Crippen LogP contribution in [0.2, 0.25) is 0 Å². The van der Waals surface area contributed by atoms with E-state index in [2.05, 4.69) is 4.74 Å². The number of methoxy groups -OCH3 is 1. The van der Waals surface area contributed by atoms with E-state index in [4.69, 9.17) is 0 Å². The zero-order valence-electron chi connectivity index (χ0n) is 12.0. The molecule has 0 aliphatic heterocycles. The van der Waals surface area contributed by atoms with Crippen molar-refractivity contribution in [1.82, 2.24) is 0 Å². The molecule has 0 bridgehead atoms. The Bertz CT molecular complexity index is 650. The smallest absolute Gasteiger partial charge is 0.416 e. The van der Waals surface area contributed by atoms with Crippen LogP contribution in [0.5, 0.6) is 0 Å². The van der Waals surface area contributed by atoms with Gasteiger partial charge in [0, 0.05) is 12.0 Å². The molecule has 1 aromatic rings. The minimum absolute atomic E-state index is 0.0791. The summed E-state index contributed by atoms with van der Waals surface area (Å²) in [5.74, 6) is -4.24. The van der Waals surface area contributed by atoms with Crippen molar-refractivity contribution in [3.05, 3.63) is 35.4 Å². The summed E-state index contributed by atoms with van der Waals surface area (Å²) in [6.07, 6.45) is -4.81. The molecule has 0 radical (unpaired) electrons. The number of esters is 1. The van der Waals surface area contributed by atoms with Gasteiger partial charge in [-0.15, -0.1) is 0 Å². The van der Waals surface area contributed by atoms with Gasteiger partial charge in [0.2, 0.25) is 5.60 Å². The molecule has 1 aromatic carbocycles. The van der Waals surface area contributed by atoms with Crippen LogP contribution in [0.4, 0.5) is 13.2 Å². The molecule has 1 aliphatic carbocycles. The minimum Gasteiger partial charge on any atom is -0.467 e. The summed E-state index contributed by atoms with van der Waals surface area (Å²) < 4.78 is 41.9. The molecule has 5 nitrogen and oxygen atoms in total. The third-order valence-electron chi connectivity index (χ3n) is 3.90. The zero-order valence-corrected chi connectivity index (χ0v) is 12.0. The maximum atomic E-state index is 12.5. The first-order valence-corrected chi connectivity index (χ1v) is 6.68. The van der Waals surface area contributed by atoms with Crippen LogP contribution in [-0.4, -0.2) is 35.4 Å². The first-order chi connectivity index (χ1) is 10.6. The summed E-state index contributed by atoms with van der Waals surface area (Å²) in [6, 6.07) is 3.35. The molecule has 1 N–H and O–H groups in total. The molecule has 0 amide bonds. The lowest BCUT2D eigenvalue weighted by atomic mass is 9.84. The molecular weight excluding hydrogens is 317 g/mol. The van der Waals surface area contributed by atoms with Crippen molar-refractivity contribution < 1.29 is 37.4 Å². The van der Waals surface area contributed by atoms with Crippen molar-refractivity contribution in [3.63, 3.8) is 0 Å². The Kier molecular flexibility index (Phi) is 4.30. The number of alkyl halides is 3. The highest BCUT2D eigenvalue weighted by molar-refractivity contribution is 6.15. The summed E-state index contributed by atoms with van der Waals surface area (Å²) in [7, 11) is 0.964. The van der Waals surface area contributed by atoms with Gasteiger partial charge in [0.05, 0.1) is 18.6 Å². The second kappa shape index (κ2) is 5.77. The van der Waals surface area contributed by atoms with Crippen LogP contribution in [0.15, 0.2) is 24.3 Å². The Morgan fingerprint density at radius 3 is 2.30 bits per heavy atom. The van der Waals surface area contributed by atoms with E-state index in [-0.39, 0.29) is 18.4 Å². The lowest BCUT2D eigenvalue weighted by Crippen LogP contribution is -2.51. The minimum atomic E-state index is -4.54. The number of rotatable bonds is 3. The highest BCUT2D eigenvalue weighted by atomic mass is 19.4. The van der Waals surface area contributed by atoms with Gasteiger partial charge in [0.15, 0.2) is 11.6 Å². The Morgan fingerprint density at radius 1 is 1.26 bits per heavy atom. The lowest BCUT2D eigenvalue weighted by Gasteiger charge is -2.24. The number of ketones is 2. The van der Waals surface area contributed by atoms with Crippen LogP contribution >= 0.6 is 0 Å². The summed E-state index contributed by atoms with van der Waals surface area (Å²) in [6.45, 7) is 0. The molecule has 0 spiro atoms. The topological polar surface area (TPSA) is 80.7 Å². The predicted octanol–water partition coefficient (Wildman–Crippen LogP) is 1.77. The summed E-state index contributed by atoms with van der Waals surface area (Å²) in [5, 5.41) is 10.3. The molecule has 0 aromatic heterocycles. The predicted molar refractivity (Wildman–Crippen MR) is 70.5 cm³/mol. The number of Topliss-reactive ketones (excluding diaryl/α,β-unsaturated/α-hetero) is 2. The Hall–Kier alpha value is -2.22. The molecule has 23 heavy (non-hydrogen) atoms. The van der Waals surface area contributed by atoms with E-state index in [0.717, 1.165) is 31.4 Å². The van der Waals surface area contributed by atoms with E-state index in [9.17, 15) is 32.7 Å². The second-order valence-corrected chi connectivity index (χ2v) is 5.21. The van der Waals surface area contributed by atoms with Crippen molar-refractivity contribution in [2.24, 2.45) is 5.92 Å². The van der Waals surface area contributed by atoms with Gasteiger partial charge in [-0.25, -0.2) is 4.79 Å². The number of carbonyl (C=O) groups is 3. The number of carbonyl (C=O) groups excluding carboxylic acids is 3. The van der Waals surface area contributed by atoms with Crippen LogP contribution in [0, 0.1) is 5.92 Å². The number of aliphatic hydroxyl groups is 1. The largest absolute Gasteiger partial charge is 0.467 e. The van der Waals surface area contributed by atoms with Crippen molar-refractivity contribution in [1.29, 1.82) is 0 Å². The highest BCUT2D eigenvalue weighted by Crippen LogP contribution is 2.37. The summed E-state index contributed by atoms with van der Waals surface area (Å²) in [5.41, 5.74) is -3.64. The van der Waals surface area contributed by atoms with E-state index < -0.39 is 40.8 Å².